The second-order valence-electron chi connectivity index (χ2n) is 32.7. The molecule has 0 aromatic heterocycles. The van der Waals surface area contributed by atoms with Gasteiger partial charge in [-0.15, -0.1) is 0 Å². The van der Waals surface area contributed by atoms with Crippen molar-refractivity contribution in [1.29, 1.82) is 0 Å². The van der Waals surface area contributed by atoms with Gasteiger partial charge in [0, 0.05) is 56.2 Å². The van der Waals surface area contributed by atoms with E-state index in [0.29, 0.717) is 0 Å². The summed E-state index contributed by atoms with van der Waals surface area (Å²) in [6.45, 7) is 47.6. The van der Waals surface area contributed by atoms with Crippen LogP contribution >= 0.6 is 0 Å². The van der Waals surface area contributed by atoms with Crippen LogP contribution in [-0.2, 0) is 43.3 Å². The molecule has 2 aliphatic heterocycles. The molecule has 0 spiro atoms. The van der Waals surface area contributed by atoms with Gasteiger partial charge in [-0.25, -0.2) is 0 Å². The van der Waals surface area contributed by atoms with Crippen molar-refractivity contribution in [2.24, 2.45) is 0 Å². The molecule has 87 heavy (non-hydrogen) atoms. The minimum Gasteiger partial charge on any atom is -0.311 e. The Morgan fingerprint density at radius 3 is 1.34 bits per heavy atom. The molecule has 0 fully saturated rings. The molecule has 9 aromatic carbocycles. The van der Waals surface area contributed by atoms with E-state index < -0.39 is 0 Å². The molecule has 0 atom stereocenters. The van der Waals surface area contributed by atoms with Crippen LogP contribution in [0.15, 0.2) is 182 Å². The summed E-state index contributed by atoms with van der Waals surface area (Å²) in [4.78, 5) is 7.94. The minimum absolute atomic E-state index is 0.0128. The molecule has 2 heterocycles. The van der Waals surface area contributed by atoms with Gasteiger partial charge in [0.15, 0.2) is 0 Å². The number of hydrogen-bond acceptors (Lipinski definition) is 3. The average Bonchev–Trinajstić information content (AvgIpc) is 1.02. The maximum absolute atomic E-state index is 2.72. The molecule has 0 radical (unpaired) electrons. The number of anilines is 9. The summed E-state index contributed by atoms with van der Waals surface area (Å²) in [5.74, 6) is 0. The fourth-order valence-corrected chi connectivity index (χ4v) is 15.9. The molecule has 0 saturated heterocycles. The Hall–Kier alpha value is -7.56. The Balaban J connectivity index is 1.21. The van der Waals surface area contributed by atoms with E-state index in [1.807, 2.05) is 0 Å². The Labute approximate surface area is 523 Å². The zero-order valence-corrected chi connectivity index (χ0v) is 55.9. The fourth-order valence-electron chi connectivity index (χ4n) is 15.9. The summed E-state index contributed by atoms with van der Waals surface area (Å²) in [7, 11) is 0. The second-order valence-corrected chi connectivity index (χ2v) is 32.7. The molecule has 9 aromatic rings. The molecule has 4 heteroatoms. The van der Waals surface area contributed by atoms with Gasteiger partial charge in [0.1, 0.15) is 0 Å². The minimum atomic E-state index is -0.275. The molecule has 3 nitrogen and oxygen atoms in total. The van der Waals surface area contributed by atoms with E-state index in [9.17, 15) is 0 Å². The van der Waals surface area contributed by atoms with Gasteiger partial charge in [0.25, 0.3) is 6.71 Å². The molecular weight excluding hydrogens is 1050 g/mol. The first kappa shape index (κ1) is 58.5. The highest BCUT2D eigenvalue weighted by Crippen LogP contribution is 2.57. The lowest BCUT2D eigenvalue weighted by molar-refractivity contribution is 0.403. The van der Waals surface area contributed by atoms with Crippen molar-refractivity contribution in [1.82, 2.24) is 0 Å². The monoisotopic (exact) mass is 1140 g/mol. The number of hydrogen-bond donors (Lipinski definition) is 0. The standard InChI is InChI=1S/C83H92BN3/c1-76(2,3)53-30-36-57(37-31-53)85(58-38-32-54(33-39-58)77(4,5)6)60-47-73-75-74(48-60)87(70-42-34-55(78(7,8)9)44-61(70)52-26-22-21-23-27-52)71-43-35-56(79(10,11)12)45-68(71)84(75)69-49-66-67(83(19,20)64-29-25-24-28-63(64)82(66,17)18)50-72(69)86(73)59-40-41-62-65(46-59)81(15,16)51-80(62,13)14/h21-50H,51H2,1-20H3. The van der Waals surface area contributed by atoms with Crippen molar-refractivity contribution < 1.29 is 0 Å². The van der Waals surface area contributed by atoms with E-state index in [-0.39, 0.29) is 50.0 Å². The van der Waals surface area contributed by atoms with E-state index >= 15 is 0 Å². The summed E-state index contributed by atoms with van der Waals surface area (Å²) < 4.78 is 0. The van der Waals surface area contributed by atoms with Gasteiger partial charge in [0.2, 0.25) is 0 Å². The smallest absolute Gasteiger partial charge is 0.252 e. The van der Waals surface area contributed by atoms with Crippen LogP contribution < -0.4 is 31.1 Å². The van der Waals surface area contributed by atoms with Gasteiger partial charge in [-0.05, 0) is 189 Å². The quantitative estimate of drug-likeness (QED) is 0.154. The Kier molecular flexibility index (Phi) is 13.1. The number of benzene rings is 9. The first-order valence-corrected chi connectivity index (χ1v) is 32.2. The van der Waals surface area contributed by atoms with Crippen LogP contribution in [0.25, 0.3) is 11.1 Å². The Morgan fingerprint density at radius 2 is 0.805 bits per heavy atom. The van der Waals surface area contributed by atoms with Crippen molar-refractivity contribution >= 4 is 74.3 Å². The van der Waals surface area contributed by atoms with Crippen LogP contribution in [0.2, 0.25) is 0 Å². The van der Waals surface area contributed by atoms with E-state index in [2.05, 4.69) is 335 Å². The summed E-state index contributed by atoms with van der Waals surface area (Å²) in [6, 6.07) is 72.1. The molecule has 0 N–H and O–H groups in total. The van der Waals surface area contributed by atoms with Crippen molar-refractivity contribution in [2.75, 3.05) is 14.7 Å². The molecule has 442 valence electrons. The van der Waals surface area contributed by atoms with Crippen molar-refractivity contribution in [3.8, 4) is 11.1 Å². The third-order valence-corrected chi connectivity index (χ3v) is 20.7. The van der Waals surface area contributed by atoms with Gasteiger partial charge in [-0.1, -0.05) is 248 Å². The largest absolute Gasteiger partial charge is 0.311 e. The zero-order valence-electron chi connectivity index (χ0n) is 55.9. The molecule has 13 rings (SSSR count). The van der Waals surface area contributed by atoms with Gasteiger partial charge in [-0.3, -0.25) is 0 Å². The van der Waals surface area contributed by atoms with Gasteiger partial charge >= 0.3 is 0 Å². The second kappa shape index (κ2) is 19.5. The molecule has 0 bridgehead atoms. The topological polar surface area (TPSA) is 9.72 Å². The number of rotatable bonds is 6. The highest BCUT2D eigenvalue weighted by Gasteiger charge is 2.50. The molecular formula is C83H92BN3. The van der Waals surface area contributed by atoms with Crippen LogP contribution in [0.4, 0.5) is 51.2 Å². The van der Waals surface area contributed by atoms with Crippen LogP contribution in [0, 0.1) is 0 Å². The summed E-state index contributed by atoms with van der Waals surface area (Å²) >= 11 is 0. The normalized spacial score (nSPS) is 16.8. The van der Waals surface area contributed by atoms with E-state index in [1.165, 1.54) is 112 Å². The first-order valence-electron chi connectivity index (χ1n) is 32.2. The molecule has 0 saturated carbocycles. The SMILES string of the molecule is CC(C)(C)c1ccc(N(c2ccc(C(C)(C)C)cc2)c2cc3c4c(c2)N(c2ccc(C(C)(C)C)cc2-c2ccccc2)c2ccc(C(C)(C)C)cc2B4c2cc4c(cc2N3c2ccc3c(c2)C(C)(C)CC3(C)C)C(C)(C)c2ccccc2C4(C)C)cc1. The molecule has 4 aliphatic rings. The summed E-state index contributed by atoms with van der Waals surface area (Å²) in [5, 5.41) is 0. The van der Waals surface area contributed by atoms with Gasteiger partial charge in [-0.2, -0.15) is 0 Å². The zero-order chi connectivity index (χ0) is 62.1. The fraction of sp³-hybridized carbons (Fsp3) is 0.349. The van der Waals surface area contributed by atoms with E-state index in [4.69, 9.17) is 0 Å². The summed E-state index contributed by atoms with van der Waals surface area (Å²) in [6.07, 6.45) is 1.09. The lowest BCUT2D eigenvalue weighted by Gasteiger charge is -2.48. The lowest BCUT2D eigenvalue weighted by atomic mass is 9.33. The van der Waals surface area contributed by atoms with Crippen LogP contribution in [0.3, 0.4) is 0 Å². The molecule has 2 aliphatic carbocycles. The van der Waals surface area contributed by atoms with Gasteiger partial charge in [0.05, 0.1) is 11.4 Å². The number of nitrogens with zero attached hydrogens (tertiary/aromatic N) is 3. The molecule has 0 amide bonds. The van der Waals surface area contributed by atoms with Gasteiger partial charge < -0.3 is 14.7 Å². The lowest BCUT2D eigenvalue weighted by Crippen LogP contribution is -2.62. The number of fused-ring (bicyclic) bond motifs is 7. The highest BCUT2D eigenvalue weighted by atomic mass is 15.2. The maximum Gasteiger partial charge on any atom is 0.252 e. The molecule has 0 unspecified atom stereocenters. The van der Waals surface area contributed by atoms with E-state index in [1.54, 1.807) is 0 Å². The average molecular weight is 1140 g/mol. The Bertz CT molecular complexity index is 4160. The third-order valence-electron chi connectivity index (χ3n) is 20.7. The summed E-state index contributed by atoms with van der Waals surface area (Å²) in [5.41, 5.74) is 30.0. The van der Waals surface area contributed by atoms with Crippen molar-refractivity contribution in [2.45, 2.75) is 188 Å². The first-order chi connectivity index (χ1) is 40.7. The van der Waals surface area contributed by atoms with Crippen LogP contribution in [0.1, 0.15) is 201 Å². The Morgan fingerprint density at radius 1 is 0.345 bits per heavy atom. The van der Waals surface area contributed by atoms with Crippen LogP contribution in [0.5, 0.6) is 0 Å². The predicted octanol–water partition coefficient (Wildman–Crippen LogP) is 21.0. The van der Waals surface area contributed by atoms with Crippen LogP contribution in [-0.4, -0.2) is 6.71 Å². The predicted molar refractivity (Wildman–Crippen MR) is 377 cm³/mol. The highest BCUT2D eigenvalue weighted by molar-refractivity contribution is 7.00. The van der Waals surface area contributed by atoms with E-state index in [0.717, 1.165) is 29.2 Å². The van der Waals surface area contributed by atoms with Crippen molar-refractivity contribution in [3.05, 3.63) is 238 Å². The maximum atomic E-state index is 2.72. The van der Waals surface area contributed by atoms with Crippen molar-refractivity contribution in [3.63, 3.8) is 0 Å². The third kappa shape index (κ3) is 9.43.